The first-order valence-corrected chi connectivity index (χ1v) is 14.8. The highest BCUT2D eigenvalue weighted by atomic mass is 16.5. The number of amides is 4. The normalized spacial score (nSPS) is 28.8. The number of methoxy groups -OCH3 is 1. The quantitative estimate of drug-likeness (QED) is 0.319. The van der Waals surface area contributed by atoms with Gasteiger partial charge in [0.15, 0.2) is 0 Å². The largest absolute Gasteiger partial charge is 0.508 e. The number of aromatic carboxylic acids is 1. The number of carbonyl (C=O) groups is 5. The molecular formula is C35H30N2O8. The first kappa shape index (κ1) is 28.5. The van der Waals surface area contributed by atoms with Crippen LogP contribution in [-0.4, -0.2) is 46.9 Å². The van der Waals surface area contributed by atoms with Crippen molar-refractivity contribution >= 4 is 41.0 Å². The minimum absolute atomic E-state index is 0.0574. The molecule has 2 heterocycles. The number of allylic oxidation sites excluding steroid dienone is 2. The molecule has 0 bridgehead atoms. The molecule has 2 N–H and O–H groups in total. The molecule has 2 saturated heterocycles. The van der Waals surface area contributed by atoms with Gasteiger partial charge in [-0.25, -0.2) is 9.69 Å². The molecule has 0 radical (unpaired) electrons. The average Bonchev–Trinajstić information content (AvgIpc) is 3.41. The molecule has 3 aromatic carbocycles. The molecule has 4 amide bonds. The minimum atomic E-state index is -1.34. The molecule has 45 heavy (non-hydrogen) atoms. The van der Waals surface area contributed by atoms with Gasteiger partial charge in [0.25, 0.3) is 0 Å². The SMILES string of the molecule is COc1cccc(O)c1[C@H]1C2=CC[C@@H]3C(=O)N(c4cccc(C(=O)O)c4)C(=O)[C@@H]3[C@@H]2C[C@H]2C(=O)N(c3ccccc3)C(=O)[C@@]12C. The average molecular weight is 607 g/mol. The molecule has 3 aromatic rings. The number of nitrogens with zero attached hydrogens (tertiary/aromatic N) is 2. The number of rotatable bonds is 5. The van der Waals surface area contributed by atoms with Gasteiger partial charge in [-0.05, 0) is 68.1 Å². The Morgan fingerprint density at radius 3 is 2.29 bits per heavy atom. The highest BCUT2D eigenvalue weighted by molar-refractivity contribution is 6.25. The van der Waals surface area contributed by atoms with Crippen LogP contribution in [0.2, 0.25) is 0 Å². The Hall–Kier alpha value is -5.25. The lowest BCUT2D eigenvalue weighted by molar-refractivity contribution is -0.131. The monoisotopic (exact) mass is 606 g/mol. The van der Waals surface area contributed by atoms with Gasteiger partial charge in [0.2, 0.25) is 23.6 Å². The number of carboxylic acids is 1. The maximum atomic E-state index is 14.5. The van der Waals surface area contributed by atoms with Crippen LogP contribution in [0.25, 0.3) is 0 Å². The van der Waals surface area contributed by atoms with Gasteiger partial charge in [-0.1, -0.05) is 42.0 Å². The van der Waals surface area contributed by atoms with E-state index in [1.165, 1.54) is 42.3 Å². The van der Waals surface area contributed by atoms with Crippen LogP contribution in [0.3, 0.4) is 0 Å². The fourth-order valence-electron chi connectivity index (χ4n) is 8.18. The third-order valence-electron chi connectivity index (χ3n) is 10.2. The summed E-state index contributed by atoms with van der Waals surface area (Å²) in [7, 11) is 1.46. The van der Waals surface area contributed by atoms with Gasteiger partial charge in [0.05, 0.1) is 47.2 Å². The predicted molar refractivity (Wildman–Crippen MR) is 162 cm³/mol. The van der Waals surface area contributed by atoms with Crippen LogP contribution >= 0.6 is 0 Å². The third kappa shape index (κ3) is 3.91. The van der Waals surface area contributed by atoms with Crippen LogP contribution < -0.4 is 14.5 Å². The van der Waals surface area contributed by atoms with Crippen molar-refractivity contribution in [1.82, 2.24) is 0 Å². The Bertz CT molecular complexity index is 1830. The van der Waals surface area contributed by atoms with Crippen molar-refractivity contribution < 1.29 is 38.9 Å². The summed E-state index contributed by atoms with van der Waals surface area (Å²) < 4.78 is 5.68. The summed E-state index contributed by atoms with van der Waals surface area (Å²) in [6, 6.07) is 19.2. The standard InChI is InChI=1S/C35H30N2O8/c1-35-24(31(40)37(34(35)44)19-9-4-3-5-10-19)17-23-21(29(35)28-25(38)12-7-13-26(28)45-2)14-15-22-27(23)32(41)36(30(22)39)20-11-6-8-18(16-20)33(42)43/h3-14,16,22-24,27,29,38H,15,17H2,1-2H3,(H,42,43)/t22-,23+,24-,27-,29+,35+/m0/s1. The fraction of sp³-hybridized carbons (Fsp3) is 0.286. The van der Waals surface area contributed by atoms with Crippen molar-refractivity contribution in [3.8, 4) is 11.5 Å². The molecule has 228 valence electrons. The zero-order chi connectivity index (χ0) is 31.8. The minimum Gasteiger partial charge on any atom is -0.508 e. The molecule has 0 aromatic heterocycles. The van der Waals surface area contributed by atoms with Crippen LogP contribution in [0.15, 0.2) is 84.4 Å². The van der Waals surface area contributed by atoms with E-state index in [-0.39, 0.29) is 29.8 Å². The van der Waals surface area contributed by atoms with Gasteiger partial charge in [-0.3, -0.25) is 24.1 Å². The Kier molecular flexibility index (Phi) is 6.43. The number of phenolic OH excluding ortho intramolecular Hbond substituents is 1. The lowest BCUT2D eigenvalue weighted by atomic mass is 9.51. The van der Waals surface area contributed by atoms with Crippen molar-refractivity contribution in [2.75, 3.05) is 16.9 Å². The number of anilines is 2. The fourth-order valence-corrected chi connectivity index (χ4v) is 8.18. The molecule has 1 saturated carbocycles. The third-order valence-corrected chi connectivity index (χ3v) is 10.2. The van der Waals surface area contributed by atoms with E-state index in [4.69, 9.17) is 4.74 Å². The number of para-hydroxylation sites is 1. The van der Waals surface area contributed by atoms with Gasteiger partial charge in [-0.2, -0.15) is 0 Å². The number of imide groups is 2. The van der Waals surface area contributed by atoms with Crippen molar-refractivity contribution in [3.63, 3.8) is 0 Å². The summed E-state index contributed by atoms with van der Waals surface area (Å²) in [6.07, 6.45) is 2.23. The molecule has 2 aliphatic heterocycles. The van der Waals surface area contributed by atoms with Gasteiger partial charge in [-0.15, -0.1) is 0 Å². The summed E-state index contributed by atoms with van der Waals surface area (Å²) >= 11 is 0. The Morgan fingerprint density at radius 1 is 0.867 bits per heavy atom. The summed E-state index contributed by atoms with van der Waals surface area (Å²) in [6.45, 7) is 1.74. The molecule has 10 nitrogen and oxygen atoms in total. The molecule has 2 aliphatic carbocycles. The van der Waals surface area contributed by atoms with Crippen molar-refractivity contribution in [1.29, 1.82) is 0 Å². The molecule has 4 aliphatic rings. The van der Waals surface area contributed by atoms with Crippen molar-refractivity contribution in [2.24, 2.45) is 29.1 Å². The second-order valence-corrected chi connectivity index (χ2v) is 12.3. The van der Waals surface area contributed by atoms with Gasteiger partial charge < -0.3 is 14.9 Å². The van der Waals surface area contributed by atoms with E-state index in [0.717, 1.165) is 4.90 Å². The first-order chi connectivity index (χ1) is 21.6. The van der Waals surface area contributed by atoms with E-state index < -0.39 is 64.6 Å². The second-order valence-electron chi connectivity index (χ2n) is 12.3. The van der Waals surface area contributed by atoms with E-state index in [2.05, 4.69) is 0 Å². The van der Waals surface area contributed by atoms with E-state index >= 15 is 0 Å². The Labute approximate surface area is 258 Å². The maximum absolute atomic E-state index is 14.5. The summed E-state index contributed by atoms with van der Waals surface area (Å²) in [5.74, 6) is -6.58. The van der Waals surface area contributed by atoms with Crippen LogP contribution in [0, 0.1) is 29.1 Å². The summed E-state index contributed by atoms with van der Waals surface area (Å²) in [5, 5.41) is 20.8. The molecule has 10 heteroatoms. The molecule has 0 unspecified atom stereocenters. The van der Waals surface area contributed by atoms with E-state index in [1.54, 1.807) is 49.4 Å². The summed E-state index contributed by atoms with van der Waals surface area (Å²) in [5.41, 5.74) is 0.252. The number of hydrogen-bond donors (Lipinski definition) is 2. The zero-order valence-corrected chi connectivity index (χ0v) is 24.5. The number of aromatic hydroxyl groups is 1. The van der Waals surface area contributed by atoms with Gasteiger partial charge in [0.1, 0.15) is 11.5 Å². The molecule has 3 fully saturated rings. The van der Waals surface area contributed by atoms with E-state index in [9.17, 15) is 34.2 Å². The maximum Gasteiger partial charge on any atom is 0.335 e. The van der Waals surface area contributed by atoms with E-state index in [0.29, 0.717) is 22.6 Å². The topological polar surface area (TPSA) is 142 Å². The summed E-state index contributed by atoms with van der Waals surface area (Å²) in [4.78, 5) is 70.7. The lowest BCUT2D eigenvalue weighted by Crippen LogP contribution is -2.49. The van der Waals surface area contributed by atoms with Crippen LogP contribution in [0.4, 0.5) is 11.4 Å². The van der Waals surface area contributed by atoms with Gasteiger partial charge >= 0.3 is 5.97 Å². The second kappa shape index (κ2) is 10.2. The number of fused-ring (bicyclic) bond motifs is 4. The van der Waals surface area contributed by atoms with Crippen molar-refractivity contribution in [2.45, 2.75) is 25.7 Å². The molecular weight excluding hydrogens is 576 g/mol. The highest BCUT2D eigenvalue weighted by Crippen LogP contribution is 2.65. The Balaban J connectivity index is 1.39. The number of carboxylic acid groups (broad SMARTS) is 1. The lowest BCUT2D eigenvalue weighted by Gasteiger charge is -2.49. The number of phenols is 1. The first-order valence-electron chi connectivity index (χ1n) is 14.8. The number of benzene rings is 3. The predicted octanol–water partition coefficient (Wildman–Crippen LogP) is 4.53. The molecule has 7 rings (SSSR count). The molecule has 0 spiro atoms. The molecule has 6 atom stereocenters. The zero-order valence-electron chi connectivity index (χ0n) is 24.5. The van der Waals surface area contributed by atoms with Crippen molar-refractivity contribution in [3.05, 3.63) is 95.6 Å². The smallest absolute Gasteiger partial charge is 0.335 e. The van der Waals surface area contributed by atoms with E-state index in [1.807, 2.05) is 6.08 Å². The van der Waals surface area contributed by atoms with Crippen LogP contribution in [0.5, 0.6) is 11.5 Å². The Morgan fingerprint density at radius 2 is 1.58 bits per heavy atom. The number of ether oxygens (including phenoxy) is 1. The number of carbonyl (C=O) groups excluding carboxylic acids is 4. The van der Waals surface area contributed by atoms with Gasteiger partial charge in [0, 0.05) is 11.5 Å². The van der Waals surface area contributed by atoms with Crippen LogP contribution in [-0.2, 0) is 19.2 Å². The number of hydrogen-bond acceptors (Lipinski definition) is 7. The highest BCUT2D eigenvalue weighted by Gasteiger charge is 2.68. The van der Waals surface area contributed by atoms with Crippen LogP contribution in [0.1, 0.15) is 41.6 Å².